The van der Waals surface area contributed by atoms with Gasteiger partial charge in [-0.3, -0.25) is 4.99 Å². The number of halogens is 3. The van der Waals surface area contributed by atoms with E-state index in [4.69, 9.17) is 0 Å². The Hall–Kier alpha value is -0.470. The molecule has 1 aliphatic heterocycles. The van der Waals surface area contributed by atoms with Gasteiger partial charge in [-0.1, -0.05) is 11.8 Å². The molecule has 0 bridgehead atoms. The lowest BCUT2D eigenvalue weighted by Gasteiger charge is -2.38. The fourth-order valence-electron chi connectivity index (χ4n) is 2.57. The summed E-state index contributed by atoms with van der Waals surface area (Å²) in [4.78, 5) is 6.05. The predicted octanol–water partition coefficient (Wildman–Crippen LogP) is 1.08. The Morgan fingerprint density at radius 3 is 2.47 bits per heavy atom. The molecule has 0 spiro atoms. The quantitative estimate of drug-likeness (QED) is 0.761. The van der Waals surface area contributed by atoms with Crippen molar-refractivity contribution in [3.8, 4) is 0 Å². The van der Waals surface area contributed by atoms with Gasteiger partial charge in [-0.15, -0.1) is 0 Å². The first-order valence-corrected chi connectivity index (χ1v) is 6.91. The van der Waals surface area contributed by atoms with E-state index >= 15 is 0 Å². The van der Waals surface area contributed by atoms with Crippen LogP contribution in [0.4, 0.5) is 13.2 Å². The summed E-state index contributed by atoms with van der Waals surface area (Å²) in [7, 11) is 3.58. The summed E-state index contributed by atoms with van der Waals surface area (Å²) in [5.74, 6) is -0.958. The highest BCUT2D eigenvalue weighted by atomic mass is 32.2. The molecule has 0 radical (unpaired) electrons. The van der Waals surface area contributed by atoms with Gasteiger partial charge in [0.15, 0.2) is 5.17 Å². The van der Waals surface area contributed by atoms with E-state index in [1.807, 2.05) is 0 Å². The molecule has 5 atom stereocenters. The van der Waals surface area contributed by atoms with Crippen molar-refractivity contribution in [2.45, 2.75) is 42.5 Å². The van der Waals surface area contributed by atoms with E-state index in [1.165, 1.54) is 11.8 Å². The van der Waals surface area contributed by atoms with Gasteiger partial charge in [-0.25, -0.2) is 0 Å². The second-order valence-electron chi connectivity index (χ2n) is 5.25. The average molecular weight is 298 g/mol. The Morgan fingerprint density at radius 1 is 1.32 bits per heavy atom. The van der Waals surface area contributed by atoms with E-state index in [-0.39, 0.29) is 11.7 Å². The van der Waals surface area contributed by atoms with E-state index in [0.717, 1.165) is 0 Å². The van der Waals surface area contributed by atoms with E-state index in [1.54, 1.807) is 19.0 Å². The summed E-state index contributed by atoms with van der Waals surface area (Å²) in [6, 6.07) is -0.512. The summed E-state index contributed by atoms with van der Waals surface area (Å²) in [5, 5.41) is 20.3. The van der Waals surface area contributed by atoms with E-state index < -0.39 is 36.8 Å². The molecular weight excluding hydrogens is 281 g/mol. The molecule has 8 heteroatoms. The predicted molar refractivity (Wildman–Crippen MR) is 67.1 cm³/mol. The lowest BCUT2D eigenvalue weighted by Crippen LogP contribution is -2.51. The van der Waals surface area contributed by atoms with Crippen molar-refractivity contribution in [3.63, 3.8) is 0 Å². The van der Waals surface area contributed by atoms with Gasteiger partial charge < -0.3 is 15.1 Å². The van der Waals surface area contributed by atoms with E-state index in [0.29, 0.717) is 5.17 Å². The smallest absolute Gasteiger partial charge is 0.389 e. The number of aliphatic hydroxyl groups is 2. The van der Waals surface area contributed by atoms with E-state index in [2.05, 4.69) is 4.99 Å². The summed E-state index contributed by atoms with van der Waals surface area (Å²) >= 11 is 1.38. The van der Waals surface area contributed by atoms with Crippen LogP contribution in [0.15, 0.2) is 4.99 Å². The molecule has 5 unspecified atom stereocenters. The maximum Gasteiger partial charge on any atom is 0.389 e. The zero-order chi connectivity index (χ0) is 14.4. The van der Waals surface area contributed by atoms with Crippen molar-refractivity contribution >= 4 is 16.9 Å². The molecule has 2 aliphatic rings. The van der Waals surface area contributed by atoms with Crippen molar-refractivity contribution < 1.29 is 23.4 Å². The van der Waals surface area contributed by atoms with Gasteiger partial charge in [0.05, 0.1) is 12.1 Å². The Balaban J connectivity index is 2.10. The van der Waals surface area contributed by atoms with Crippen LogP contribution in [0.2, 0.25) is 0 Å². The van der Waals surface area contributed by atoms with Gasteiger partial charge in [0.1, 0.15) is 6.10 Å². The van der Waals surface area contributed by atoms with Crippen molar-refractivity contribution in [1.29, 1.82) is 0 Å². The number of fused-ring (bicyclic) bond motifs is 1. The van der Waals surface area contributed by atoms with Crippen LogP contribution in [0, 0.1) is 5.92 Å². The minimum Gasteiger partial charge on any atom is -0.390 e. The molecule has 1 heterocycles. The summed E-state index contributed by atoms with van der Waals surface area (Å²) in [6.45, 7) is 0. The van der Waals surface area contributed by atoms with Gasteiger partial charge in [-0.2, -0.15) is 13.2 Å². The minimum absolute atomic E-state index is 0.192. The molecule has 110 valence electrons. The third-order valence-electron chi connectivity index (χ3n) is 3.49. The van der Waals surface area contributed by atoms with Crippen LogP contribution in [-0.2, 0) is 0 Å². The summed E-state index contributed by atoms with van der Waals surface area (Å²) < 4.78 is 37.4. The molecule has 2 N–H and O–H groups in total. The van der Waals surface area contributed by atoms with Crippen molar-refractivity contribution in [1.82, 2.24) is 4.90 Å². The largest absolute Gasteiger partial charge is 0.390 e. The Morgan fingerprint density at radius 2 is 1.95 bits per heavy atom. The number of nitrogens with zero attached hydrogens (tertiary/aromatic N) is 2. The molecule has 0 amide bonds. The van der Waals surface area contributed by atoms with Gasteiger partial charge in [0, 0.05) is 25.8 Å². The summed E-state index contributed by atoms with van der Waals surface area (Å²) in [5.41, 5.74) is 0. The van der Waals surface area contributed by atoms with E-state index in [9.17, 15) is 23.4 Å². The van der Waals surface area contributed by atoms with Crippen LogP contribution >= 0.6 is 11.8 Å². The topological polar surface area (TPSA) is 56.1 Å². The molecule has 2 rings (SSSR count). The highest BCUT2D eigenvalue weighted by Crippen LogP contribution is 2.43. The standard InChI is InChI=1S/C11H17F3N2O2S/c1-16(2)10-15-7-6(19-10)3-5(4-11(12,13)14)8(17)9(7)18/h5-9,17-18H,3-4H2,1-2H3. The van der Waals surface area contributed by atoms with Crippen molar-refractivity contribution in [3.05, 3.63) is 0 Å². The first kappa shape index (κ1) is 14.9. The fourth-order valence-corrected chi connectivity index (χ4v) is 3.94. The molecule has 1 saturated carbocycles. The third-order valence-corrected chi connectivity index (χ3v) is 4.95. The molecule has 0 saturated heterocycles. The zero-order valence-corrected chi connectivity index (χ0v) is 11.4. The average Bonchev–Trinajstić information content (AvgIpc) is 2.67. The lowest BCUT2D eigenvalue weighted by molar-refractivity contribution is -0.165. The van der Waals surface area contributed by atoms with Crippen molar-refractivity contribution in [2.75, 3.05) is 14.1 Å². The normalized spacial score (nSPS) is 38.9. The van der Waals surface area contributed by atoms with Crippen LogP contribution in [0.3, 0.4) is 0 Å². The fraction of sp³-hybridized carbons (Fsp3) is 0.909. The zero-order valence-electron chi connectivity index (χ0n) is 10.6. The lowest BCUT2D eigenvalue weighted by atomic mass is 9.79. The van der Waals surface area contributed by atoms with Gasteiger partial charge in [0.2, 0.25) is 0 Å². The number of alkyl halides is 3. The Bertz CT molecular complexity index is 375. The monoisotopic (exact) mass is 298 g/mol. The molecule has 0 aromatic carbocycles. The van der Waals surface area contributed by atoms with Crippen LogP contribution in [-0.4, -0.2) is 64.1 Å². The number of aliphatic hydroxyl groups excluding tert-OH is 2. The summed E-state index contributed by atoms with van der Waals surface area (Å²) in [6.07, 6.45) is -7.77. The molecule has 19 heavy (non-hydrogen) atoms. The molecular formula is C11H17F3N2O2S. The van der Waals surface area contributed by atoms with Crippen LogP contribution in [0.1, 0.15) is 12.8 Å². The number of rotatable bonds is 1. The molecule has 1 aliphatic carbocycles. The number of hydrogen-bond donors (Lipinski definition) is 2. The van der Waals surface area contributed by atoms with Gasteiger partial charge in [-0.05, 0) is 12.3 Å². The minimum atomic E-state index is -4.33. The number of aliphatic imine (C=N–C) groups is 1. The first-order valence-electron chi connectivity index (χ1n) is 6.03. The maximum atomic E-state index is 12.5. The van der Waals surface area contributed by atoms with Gasteiger partial charge >= 0.3 is 6.18 Å². The Labute approximate surface area is 113 Å². The molecule has 4 nitrogen and oxygen atoms in total. The maximum absolute atomic E-state index is 12.5. The third kappa shape index (κ3) is 3.17. The second kappa shape index (κ2) is 5.14. The first-order chi connectivity index (χ1) is 8.69. The SMILES string of the molecule is CN(C)C1=NC2C(CC(CC(F)(F)F)C(O)C2O)S1. The van der Waals surface area contributed by atoms with Crippen LogP contribution in [0.5, 0.6) is 0 Å². The highest BCUT2D eigenvalue weighted by molar-refractivity contribution is 8.14. The number of amidine groups is 1. The van der Waals surface area contributed by atoms with Crippen LogP contribution in [0.25, 0.3) is 0 Å². The number of thioether (sulfide) groups is 1. The second-order valence-corrected chi connectivity index (χ2v) is 6.46. The number of hydrogen-bond acceptors (Lipinski definition) is 5. The van der Waals surface area contributed by atoms with Crippen LogP contribution < -0.4 is 0 Å². The highest BCUT2D eigenvalue weighted by Gasteiger charge is 2.49. The molecule has 0 aromatic rings. The van der Waals surface area contributed by atoms with Gasteiger partial charge in [0.25, 0.3) is 0 Å². The van der Waals surface area contributed by atoms with Crippen molar-refractivity contribution in [2.24, 2.45) is 10.9 Å². The Kier molecular flexibility index (Phi) is 4.04. The molecule has 0 aromatic heterocycles. The molecule has 1 fully saturated rings.